The highest BCUT2D eigenvalue weighted by Gasteiger charge is 2.22. The predicted molar refractivity (Wildman–Crippen MR) is 83.0 cm³/mol. The molecule has 1 unspecified atom stereocenters. The molecular formula is C16H22N2O5. The van der Waals surface area contributed by atoms with Gasteiger partial charge in [-0.2, -0.15) is 0 Å². The van der Waals surface area contributed by atoms with Crippen LogP contribution >= 0.6 is 0 Å². The van der Waals surface area contributed by atoms with Crippen molar-refractivity contribution in [2.75, 3.05) is 19.8 Å². The summed E-state index contributed by atoms with van der Waals surface area (Å²) in [6, 6.07) is 8.30. The molecular weight excluding hydrogens is 300 g/mol. The highest BCUT2D eigenvalue weighted by atomic mass is 16.5. The first kappa shape index (κ1) is 17.2. The summed E-state index contributed by atoms with van der Waals surface area (Å²) in [4.78, 5) is 22.9. The molecule has 1 fully saturated rings. The van der Waals surface area contributed by atoms with Crippen molar-refractivity contribution in [1.82, 2.24) is 10.6 Å². The molecule has 1 saturated heterocycles. The number of aliphatic carboxylic acids is 1. The van der Waals surface area contributed by atoms with Crippen LogP contribution in [0.5, 0.6) is 0 Å². The smallest absolute Gasteiger partial charge is 0.408 e. The first-order valence-electron chi connectivity index (χ1n) is 7.66. The minimum absolute atomic E-state index is 0.0892. The summed E-state index contributed by atoms with van der Waals surface area (Å²) < 4.78 is 10.4. The third-order valence-corrected chi connectivity index (χ3v) is 3.57. The van der Waals surface area contributed by atoms with Crippen molar-refractivity contribution in [3.63, 3.8) is 0 Å². The van der Waals surface area contributed by atoms with E-state index in [0.717, 1.165) is 24.9 Å². The van der Waals surface area contributed by atoms with E-state index >= 15 is 0 Å². The molecule has 7 nitrogen and oxygen atoms in total. The highest BCUT2D eigenvalue weighted by Crippen LogP contribution is 2.05. The van der Waals surface area contributed by atoms with Gasteiger partial charge in [0.05, 0.1) is 13.2 Å². The quantitative estimate of drug-likeness (QED) is 0.664. The maximum atomic E-state index is 11.7. The topological polar surface area (TPSA) is 96.9 Å². The lowest BCUT2D eigenvalue weighted by Crippen LogP contribution is -2.44. The number of carboxylic acid groups (broad SMARTS) is 1. The molecule has 0 spiro atoms. The number of nitrogens with one attached hydrogen (secondary N) is 2. The van der Waals surface area contributed by atoms with Gasteiger partial charge in [-0.05, 0) is 24.9 Å². The molecule has 0 radical (unpaired) electrons. The minimum atomic E-state index is -1.15. The van der Waals surface area contributed by atoms with Crippen molar-refractivity contribution >= 4 is 12.1 Å². The summed E-state index contributed by atoms with van der Waals surface area (Å²) in [6.07, 6.45) is 1.34. The number of rotatable bonds is 8. The Morgan fingerprint density at radius 2 is 2.13 bits per heavy atom. The van der Waals surface area contributed by atoms with E-state index < -0.39 is 18.1 Å². The molecule has 0 aromatic heterocycles. The SMILES string of the molecule is O=C(NC(COC[C@@H]1CCCN1)C(=O)O)OCc1ccccc1. The van der Waals surface area contributed by atoms with E-state index in [9.17, 15) is 9.59 Å². The number of hydrogen-bond donors (Lipinski definition) is 3. The molecule has 3 N–H and O–H groups in total. The van der Waals surface area contributed by atoms with Crippen LogP contribution in [0.2, 0.25) is 0 Å². The van der Waals surface area contributed by atoms with E-state index in [-0.39, 0.29) is 19.3 Å². The van der Waals surface area contributed by atoms with Crippen LogP contribution in [0.1, 0.15) is 18.4 Å². The number of ether oxygens (including phenoxy) is 2. The fourth-order valence-corrected chi connectivity index (χ4v) is 2.31. The summed E-state index contributed by atoms with van der Waals surface area (Å²) in [5, 5.41) is 14.7. The third kappa shape index (κ3) is 6.25. The molecule has 1 aliphatic rings. The lowest BCUT2D eigenvalue weighted by Gasteiger charge is -2.16. The molecule has 1 aromatic rings. The molecule has 23 heavy (non-hydrogen) atoms. The van der Waals surface area contributed by atoms with Gasteiger partial charge in [-0.1, -0.05) is 30.3 Å². The van der Waals surface area contributed by atoms with Crippen LogP contribution in [0.15, 0.2) is 30.3 Å². The van der Waals surface area contributed by atoms with E-state index in [4.69, 9.17) is 14.6 Å². The second-order valence-electron chi connectivity index (χ2n) is 5.43. The number of benzene rings is 1. The van der Waals surface area contributed by atoms with Crippen LogP contribution in [0.25, 0.3) is 0 Å². The molecule has 1 aliphatic heterocycles. The van der Waals surface area contributed by atoms with Crippen LogP contribution < -0.4 is 10.6 Å². The van der Waals surface area contributed by atoms with E-state index in [0.29, 0.717) is 6.61 Å². The standard InChI is InChI=1S/C16H22N2O5/c19-15(20)14(11-22-10-13-7-4-8-17-13)18-16(21)23-9-12-5-2-1-3-6-12/h1-3,5-6,13-14,17H,4,7-11H2,(H,18,21)(H,19,20)/t13-,14?/m0/s1. The number of carboxylic acids is 1. The zero-order valence-electron chi connectivity index (χ0n) is 12.9. The second kappa shape index (κ2) is 9.12. The van der Waals surface area contributed by atoms with Crippen molar-refractivity contribution in [3.8, 4) is 0 Å². The molecule has 0 bridgehead atoms. The maximum Gasteiger partial charge on any atom is 0.408 e. The number of alkyl carbamates (subject to hydrolysis) is 1. The zero-order chi connectivity index (χ0) is 16.5. The summed E-state index contributed by atoms with van der Waals surface area (Å²) in [7, 11) is 0. The fourth-order valence-electron chi connectivity index (χ4n) is 2.31. The van der Waals surface area contributed by atoms with Gasteiger partial charge in [-0.15, -0.1) is 0 Å². The highest BCUT2D eigenvalue weighted by molar-refractivity contribution is 5.80. The van der Waals surface area contributed by atoms with Crippen molar-refractivity contribution in [3.05, 3.63) is 35.9 Å². The second-order valence-corrected chi connectivity index (χ2v) is 5.43. The Kier molecular flexibility index (Phi) is 6.83. The molecule has 0 saturated carbocycles. The first-order chi connectivity index (χ1) is 11.1. The fraction of sp³-hybridized carbons (Fsp3) is 0.500. The summed E-state index contributed by atoms with van der Waals surface area (Å²) >= 11 is 0. The van der Waals surface area contributed by atoms with Gasteiger partial charge in [-0.25, -0.2) is 9.59 Å². The molecule has 0 aliphatic carbocycles. The Balaban J connectivity index is 1.69. The summed E-state index contributed by atoms with van der Waals surface area (Å²) in [5.74, 6) is -1.15. The van der Waals surface area contributed by atoms with E-state index in [1.807, 2.05) is 30.3 Å². The summed E-state index contributed by atoms with van der Waals surface area (Å²) in [5.41, 5.74) is 0.832. The van der Waals surface area contributed by atoms with Crippen molar-refractivity contribution in [2.24, 2.45) is 0 Å². The minimum Gasteiger partial charge on any atom is -0.480 e. The largest absolute Gasteiger partial charge is 0.480 e. The van der Waals surface area contributed by atoms with Crippen molar-refractivity contribution < 1.29 is 24.2 Å². The van der Waals surface area contributed by atoms with Gasteiger partial charge < -0.3 is 25.2 Å². The van der Waals surface area contributed by atoms with Gasteiger partial charge in [-0.3, -0.25) is 0 Å². The maximum absolute atomic E-state index is 11.7. The van der Waals surface area contributed by atoms with Gasteiger partial charge in [0.15, 0.2) is 6.04 Å². The van der Waals surface area contributed by atoms with Crippen LogP contribution in [0.3, 0.4) is 0 Å². The lowest BCUT2D eigenvalue weighted by molar-refractivity contribution is -0.141. The van der Waals surface area contributed by atoms with Crippen LogP contribution in [-0.4, -0.2) is 49.0 Å². The number of carbonyl (C=O) groups is 2. The average molecular weight is 322 g/mol. The van der Waals surface area contributed by atoms with Crippen LogP contribution in [0.4, 0.5) is 4.79 Å². The Bertz CT molecular complexity index is 502. The molecule has 1 heterocycles. The zero-order valence-corrected chi connectivity index (χ0v) is 12.9. The van der Waals surface area contributed by atoms with Gasteiger partial charge >= 0.3 is 12.1 Å². The van der Waals surface area contributed by atoms with Gasteiger partial charge in [0.25, 0.3) is 0 Å². The van der Waals surface area contributed by atoms with E-state index in [1.165, 1.54) is 0 Å². The van der Waals surface area contributed by atoms with Crippen LogP contribution in [-0.2, 0) is 20.9 Å². The Morgan fingerprint density at radius 3 is 2.78 bits per heavy atom. The van der Waals surface area contributed by atoms with Crippen molar-refractivity contribution in [1.29, 1.82) is 0 Å². The van der Waals surface area contributed by atoms with E-state index in [2.05, 4.69) is 10.6 Å². The number of amides is 1. The molecule has 7 heteroatoms. The Hall–Kier alpha value is -2.12. The molecule has 1 aromatic carbocycles. The van der Waals surface area contributed by atoms with E-state index in [1.54, 1.807) is 0 Å². The average Bonchev–Trinajstić information content (AvgIpc) is 3.06. The monoisotopic (exact) mass is 322 g/mol. The number of hydrogen-bond acceptors (Lipinski definition) is 5. The lowest BCUT2D eigenvalue weighted by atomic mass is 10.2. The molecule has 1 amide bonds. The van der Waals surface area contributed by atoms with Crippen molar-refractivity contribution in [2.45, 2.75) is 31.5 Å². The Labute approximate surface area is 135 Å². The summed E-state index contributed by atoms with van der Waals surface area (Å²) in [6.45, 7) is 1.39. The van der Waals surface area contributed by atoms with Gasteiger partial charge in [0.2, 0.25) is 0 Å². The molecule has 2 atom stereocenters. The first-order valence-corrected chi connectivity index (χ1v) is 7.66. The Morgan fingerprint density at radius 1 is 1.35 bits per heavy atom. The third-order valence-electron chi connectivity index (χ3n) is 3.57. The normalized spacial score (nSPS) is 18.3. The molecule has 126 valence electrons. The molecule has 2 rings (SSSR count). The van der Waals surface area contributed by atoms with Gasteiger partial charge in [0, 0.05) is 6.04 Å². The van der Waals surface area contributed by atoms with Gasteiger partial charge in [0.1, 0.15) is 6.61 Å². The predicted octanol–water partition coefficient (Wildman–Crippen LogP) is 1.13. The van der Waals surface area contributed by atoms with Crippen LogP contribution in [0, 0.1) is 0 Å². The number of carbonyl (C=O) groups excluding carboxylic acids is 1.